The van der Waals surface area contributed by atoms with Gasteiger partial charge in [0.15, 0.2) is 5.82 Å². The predicted octanol–water partition coefficient (Wildman–Crippen LogP) is 16.2. The van der Waals surface area contributed by atoms with Crippen LogP contribution in [-0.4, -0.2) is 14.5 Å². The highest BCUT2D eigenvalue weighted by Crippen LogP contribution is 2.44. The minimum absolute atomic E-state index is 0.659. The highest BCUT2D eigenvalue weighted by molar-refractivity contribution is 7.26. The lowest BCUT2D eigenvalue weighted by Gasteiger charge is -2.12. The normalized spacial score (nSPS) is 11.8. The third kappa shape index (κ3) is 5.89. The van der Waals surface area contributed by atoms with Crippen molar-refractivity contribution >= 4 is 75.3 Å². The summed E-state index contributed by atoms with van der Waals surface area (Å²) < 4.78 is 11.4. The molecule has 9 aromatic carbocycles. The molecule has 4 heterocycles. The van der Waals surface area contributed by atoms with Gasteiger partial charge in [-0.1, -0.05) is 127 Å². The largest absolute Gasteiger partial charge is 0.456 e. The maximum absolute atomic E-state index is 6.50. The minimum Gasteiger partial charge on any atom is -0.456 e. The van der Waals surface area contributed by atoms with Gasteiger partial charge in [-0.2, -0.15) is 0 Å². The Morgan fingerprint density at radius 3 is 1.73 bits per heavy atom. The van der Waals surface area contributed by atoms with E-state index in [-0.39, 0.29) is 0 Å². The Morgan fingerprint density at radius 2 is 0.937 bits per heavy atom. The molecule has 0 saturated heterocycles. The SMILES string of the molecule is c1ccc(-c2cccc(-c3cc(-c4cccc(-c5ccc6c(c5)c5ccccc5n6-c5ccccc5)c4)nc(-c4ccc5oc6ccc7sc8ccccc8c7c6c5c4)n3)c2)cc1. The number of rotatable bonds is 6. The van der Waals surface area contributed by atoms with Crippen molar-refractivity contribution < 1.29 is 4.42 Å². The lowest BCUT2D eigenvalue weighted by Crippen LogP contribution is -1.96. The van der Waals surface area contributed by atoms with Gasteiger partial charge in [-0.05, 0) is 107 Å². The molecule has 13 rings (SSSR count). The first-order valence-corrected chi connectivity index (χ1v) is 22.0. The van der Waals surface area contributed by atoms with Crippen LogP contribution in [0.4, 0.5) is 0 Å². The third-order valence-electron chi connectivity index (χ3n) is 12.4. The topological polar surface area (TPSA) is 43.9 Å². The molecule has 4 nitrogen and oxygen atoms in total. The second-order valence-electron chi connectivity index (χ2n) is 16.1. The number of aromatic nitrogens is 3. The van der Waals surface area contributed by atoms with Crippen molar-refractivity contribution in [2.45, 2.75) is 0 Å². The van der Waals surface area contributed by atoms with Crippen LogP contribution in [0.15, 0.2) is 217 Å². The quantitative estimate of drug-likeness (QED) is 0.168. The molecule has 5 heteroatoms. The van der Waals surface area contributed by atoms with Gasteiger partial charge in [0.05, 0.1) is 22.4 Å². The smallest absolute Gasteiger partial charge is 0.160 e. The molecule has 0 aliphatic heterocycles. The van der Waals surface area contributed by atoms with E-state index >= 15 is 0 Å². The van der Waals surface area contributed by atoms with Gasteiger partial charge in [-0.3, -0.25) is 0 Å². The van der Waals surface area contributed by atoms with Gasteiger partial charge in [-0.15, -0.1) is 11.3 Å². The van der Waals surface area contributed by atoms with Crippen LogP contribution in [0.1, 0.15) is 0 Å². The van der Waals surface area contributed by atoms with Gasteiger partial charge in [0.25, 0.3) is 0 Å². The summed E-state index contributed by atoms with van der Waals surface area (Å²) in [7, 11) is 0. The van der Waals surface area contributed by atoms with Crippen molar-refractivity contribution in [3.05, 3.63) is 212 Å². The molecular weight excluding hydrogens is 787 g/mol. The van der Waals surface area contributed by atoms with Gasteiger partial charge >= 0.3 is 0 Å². The number of nitrogens with zero attached hydrogens (tertiary/aromatic N) is 3. The fraction of sp³-hybridized carbons (Fsp3) is 0. The van der Waals surface area contributed by atoms with E-state index in [1.165, 1.54) is 42.0 Å². The Morgan fingerprint density at radius 1 is 0.349 bits per heavy atom. The standard InChI is InChI=1S/C58H35N3OS/c1-3-13-36(14-4-1)37-15-11-17-40(31-37)48-35-49(60-58(59-48)42-26-28-52-47(34-42)56-53(62-52)29-30-55-57(56)45-22-8-10-24-54(45)63-55)41-18-12-16-38(32-41)39-25-27-51-46(33-39)44-21-7-9-23-50(44)61(51)43-19-5-2-6-20-43/h1-35H. The summed E-state index contributed by atoms with van der Waals surface area (Å²) in [4.78, 5) is 10.7. The first kappa shape index (κ1) is 35.6. The highest BCUT2D eigenvalue weighted by atomic mass is 32.1. The van der Waals surface area contributed by atoms with Crippen molar-refractivity contribution in [3.63, 3.8) is 0 Å². The second-order valence-corrected chi connectivity index (χ2v) is 17.2. The Kier molecular flexibility index (Phi) is 8.05. The summed E-state index contributed by atoms with van der Waals surface area (Å²) in [5, 5.41) is 7.12. The summed E-state index contributed by atoms with van der Waals surface area (Å²) in [6.07, 6.45) is 0. The lowest BCUT2D eigenvalue weighted by atomic mass is 9.98. The second kappa shape index (κ2) is 14.2. The van der Waals surface area contributed by atoms with Crippen molar-refractivity contribution in [1.29, 1.82) is 0 Å². The third-order valence-corrected chi connectivity index (χ3v) is 13.5. The van der Waals surface area contributed by atoms with E-state index in [0.717, 1.165) is 78.0 Å². The van der Waals surface area contributed by atoms with Crippen LogP contribution in [0, 0.1) is 0 Å². The Balaban J connectivity index is 0.982. The number of hydrogen-bond donors (Lipinski definition) is 0. The van der Waals surface area contributed by atoms with Crippen LogP contribution in [-0.2, 0) is 0 Å². The molecule has 0 aliphatic rings. The minimum atomic E-state index is 0.659. The van der Waals surface area contributed by atoms with Crippen molar-refractivity contribution in [2.24, 2.45) is 0 Å². The maximum Gasteiger partial charge on any atom is 0.160 e. The molecule has 0 spiro atoms. The van der Waals surface area contributed by atoms with Gasteiger partial charge in [0.2, 0.25) is 0 Å². The molecule has 13 aromatic rings. The monoisotopic (exact) mass is 821 g/mol. The zero-order valence-electron chi connectivity index (χ0n) is 33.9. The molecule has 0 fully saturated rings. The highest BCUT2D eigenvalue weighted by Gasteiger charge is 2.19. The van der Waals surface area contributed by atoms with E-state index < -0.39 is 0 Å². The van der Waals surface area contributed by atoms with Gasteiger partial charge in [0.1, 0.15) is 11.2 Å². The molecule has 0 unspecified atom stereocenters. The number of fused-ring (bicyclic) bond motifs is 10. The van der Waals surface area contributed by atoms with Crippen LogP contribution < -0.4 is 0 Å². The average molecular weight is 822 g/mol. The Labute approximate surface area is 366 Å². The van der Waals surface area contributed by atoms with Crippen LogP contribution in [0.2, 0.25) is 0 Å². The fourth-order valence-corrected chi connectivity index (χ4v) is 10.6. The van der Waals surface area contributed by atoms with E-state index in [1.807, 2.05) is 11.3 Å². The number of thiophene rings is 1. The summed E-state index contributed by atoms with van der Waals surface area (Å²) in [5.41, 5.74) is 14.5. The molecule has 0 aliphatic carbocycles. The number of para-hydroxylation sites is 2. The zero-order chi connectivity index (χ0) is 41.4. The Bertz CT molecular complexity index is 3920. The van der Waals surface area contributed by atoms with E-state index in [2.05, 4.69) is 217 Å². The molecule has 0 atom stereocenters. The van der Waals surface area contributed by atoms with E-state index in [9.17, 15) is 0 Å². The zero-order valence-corrected chi connectivity index (χ0v) is 34.7. The molecule has 0 N–H and O–H groups in total. The number of benzene rings is 9. The van der Waals surface area contributed by atoms with Gasteiger partial charge in [-0.25, -0.2) is 9.97 Å². The molecule has 0 amide bonds. The molecule has 4 aromatic heterocycles. The van der Waals surface area contributed by atoms with Crippen LogP contribution in [0.25, 0.3) is 126 Å². The van der Waals surface area contributed by atoms with E-state index in [0.29, 0.717) is 5.82 Å². The summed E-state index contributed by atoms with van der Waals surface area (Å²) in [5.74, 6) is 0.659. The Hall–Kier alpha value is -8.12. The first-order valence-electron chi connectivity index (χ1n) is 21.2. The predicted molar refractivity (Wildman–Crippen MR) is 264 cm³/mol. The molecule has 294 valence electrons. The molecule has 0 saturated carbocycles. The van der Waals surface area contributed by atoms with Crippen LogP contribution in [0.3, 0.4) is 0 Å². The van der Waals surface area contributed by atoms with Crippen molar-refractivity contribution in [2.75, 3.05) is 0 Å². The molecular formula is C58H35N3OS. The maximum atomic E-state index is 6.50. The lowest BCUT2D eigenvalue weighted by molar-refractivity contribution is 0.669. The van der Waals surface area contributed by atoms with Crippen LogP contribution in [0.5, 0.6) is 0 Å². The number of hydrogen-bond acceptors (Lipinski definition) is 4. The summed E-state index contributed by atoms with van der Waals surface area (Å²) >= 11 is 1.82. The van der Waals surface area contributed by atoms with E-state index in [4.69, 9.17) is 14.4 Å². The summed E-state index contributed by atoms with van der Waals surface area (Å²) in [6, 6.07) is 75.5. The first-order chi connectivity index (χ1) is 31.2. The average Bonchev–Trinajstić information content (AvgIpc) is 4.03. The molecule has 0 bridgehead atoms. The molecule has 0 radical (unpaired) electrons. The van der Waals surface area contributed by atoms with Crippen molar-refractivity contribution in [1.82, 2.24) is 14.5 Å². The molecule has 63 heavy (non-hydrogen) atoms. The van der Waals surface area contributed by atoms with Crippen LogP contribution >= 0.6 is 11.3 Å². The van der Waals surface area contributed by atoms with Gasteiger partial charge in [0, 0.05) is 64.1 Å². The number of furan rings is 1. The van der Waals surface area contributed by atoms with Crippen molar-refractivity contribution in [3.8, 4) is 61.8 Å². The fourth-order valence-electron chi connectivity index (χ4n) is 9.45. The van der Waals surface area contributed by atoms with Gasteiger partial charge < -0.3 is 8.98 Å². The summed E-state index contributed by atoms with van der Waals surface area (Å²) in [6.45, 7) is 0. The van der Waals surface area contributed by atoms with E-state index in [1.54, 1.807) is 0 Å².